The third kappa shape index (κ3) is 6.77. The van der Waals surface area contributed by atoms with E-state index in [0.29, 0.717) is 6.54 Å². The maximum Gasteiger partial charge on any atom is 0.315 e. The fourth-order valence-corrected chi connectivity index (χ4v) is 2.62. The number of benzene rings is 2. The highest BCUT2D eigenvalue weighted by Gasteiger charge is 2.15. The van der Waals surface area contributed by atoms with E-state index >= 15 is 0 Å². The van der Waals surface area contributed by atoms with Crippen LogP contribution in [0.5, 0.6) is 0 Å². The summed E-state index contributed by atoms with van der Waals surface area (Å²) < 4.78 is 0. The second kappa shape index (κ2) is 9.21. The van der Waals surface area contributed by atoms with Crippen LogP contribution in [0.3, 0.4) is 0 Å². The van der Waals surface area contributed by atoms with Gasteiger partial charge in [0.15, 0.2) is 0 Å². The maximum atomic E-state index is 12.0. The summed E-state index contributed by atoms with van der Waals surface area (Å²) in [7, 11) is 0. The lowest BCUT2D eigenvalue weighted by molar-refractivity contribution is -0.120. The minimum atomic E-state index is -0.364. The molecule has 0 heterocycles. The summed E-state index contributed by atoms with van der Waals surface area (Å²) >= 11 is 0. The summed E-state index contributed by atoms with van der Waals surface area (Å²) in [6.45, 7) is 8.80. The molecule has 0 saturated heterocycles. The molecule has 0 bridgehead atoms. The van der Waals surface area contributed by atoms with Gasteiger partial charge in [-0.05, 0) is 29.0 Å². The first kappa shape index (κ1) is 20.5. The van der Waals surface area contributed by atoms with Gasteiger partial charge >= 0.3 is 6.03 Å². The van der Waals surface area contributed by atoms with Crippen LogP contribution in [0.1, 0.15) is 50.4 Å². The lowest BCUT2D eigenvalue weighted by Gasteiger charge is -2.20. The van der Waals surface area contributed by atoms with E-state index in [4.69, 9.17) is 0 Å². The summed E-state index contributed by atoms with van der Waals surface area (Å²) in [6, 6.07) is 17.4. The normalized spacial score (nSPS) is 12.1. The Morgan fingerprint density at radius 3 is 2.15 bits per heavy atom. The first-order valence-corrected chi connectivity index (χ1v) is 9.21. The molecule has 3 amide bonds. The Hall–Kier alpha value is -2.82. The van der Waals surface area contributed by atoms with Crippen LogP contribution in [-0.2, 0) is 16.8 Å². The van der Waals surface area contributed by atoms with Crippen molar-refractivity contribution in [1.82, 2.24) is 16.0 Å². The van der Waals surface area contributed by atoms with E-state index in [2.05, 4.69) is 48.9 Å². The lowest BCUT2D eigenvalue weighted by atomic mass is 9.86. The minimum Gasteiger partial charge on any atom is -0.350 e. The molecule has 2 aromatic carbocycles. The topological polar surface area (TPSA) is 70.2 Å². The smallest absolute Gasteiger partial charge is 0.315 e. The van der Waals surface area contributed by atoms with Crippen molar-refractivity contribution in [2.45, 2.75) is 45.7 Å². The lowest BCUT2D eigenvalue weighted by Crippen LogP contribution is -2.42. The van der Waals surface area contributed by atoms with Crippen molar-refractivity contribution < 1.29 is 9.59 Å². The predicted octanol–water partition coefficient (Wildman–Crippen LogP) is 3.66. The molecule has 0 aliphatic heterocycles. The molecule has 3 N–H and O–H groups in total. The molecule has 0 aromatic heterocycles. The fraction of sp³-hybridized carbons (Fsp3) is 0.364. The minimum absolute atomic E-state index is 0.0612. The average molecular weight is 367 g/mol. The largest absolute Gasteiger partial charge is 0.350 e. The number of hydrogen-bond acceptors (Lipinski definition) is 2. The van der Waals surface area contributed by atoms with E-state index in [1.807, 2.05) is 49.4 Å². The average Bonchev–Trinajstić information content (AvgIpc) is 2.65. The molecule has 0 spiro atoms. The quantitative estimate of drug-likeness (QED) is 0.729. The Labute approximate surface area is 161 Å². The van der Waals surface area contributed by atoms with Crippen molar-refractivity contribution in [3.8, 4) is 0 Å². The van der Waals surface area contributed by atoms with Crippen molar-refractivity contribution >= 4 is 11.9 Å². The number of urea groups is 1. The molecule has 0 aliphatic rings. The monoisotopic (exact) mass is 367 g/mol. The Morgan fingerprint density at radius 2 is 1.56 bits per heavy atom. The number of hydrogen-bond donors (Lipinski definition) is 3. The Morgan fingerprint density at radius 1 is 0.926 bits per heavy atom. The van der Waals surface area contributed by atoms with Crippen LogP contribution in [0.2, 0.25) is 0 Å². The van der Waals surface area contributed by atoms with Crippen LogP contribution >= 0.6 is 0 Å². The van der Waals surface area contributed by atoms with Crippen molar-refractivity contribution in [2.24, 2.45) is 0 Å². The van der Waals surface area contributed by atoms with Gasteiger partial charge in [-0.15, -0.1) is 0 Å². The predicted molar refractivity (Wildman–Crippen MR) is 108 cm³/mol. The zero-order chi connectivity index (χ0) is 19.9. The van der Waals surface area contributed by atoms with Gasteiger partial charge in [0, 0.05) is 6.54 Å². The van der Waals surface area contributed by atoms with Gasteiger partial charge in [-0.25, -0.2) is 4.79 Å². The van der Waals surface area contributed by atoms with Crippen molar-refractivity contribution in [1.29, 1.82) is 0 Å². The van der Waals surface area contributed by atoms with Crippen LogP contribution in [0.15, 0.2) is 54.6 Å². The molecule has 0 radical (unpaired) electrons. The summed E-state index contributed by atoms with van der Waals surface area (Å²) in [5, 5.41) is 8.22. The molecule has 144 valence electrons. The van der Waals surface area contributed by atoms with Crippen LogP contribution in [0.4, 0.5) is 4.79 Å². The highest BCUT2D eigenvalue weighted by molar-refractivity contribution is 5.84. The summed E-state index contributed by atoms with van der Waals surface area (Å²) in [6.07, 6.45) is 0. The van der Waals surface area contributed by atoms with E-state index in [1.165, 1.54) is 5.56 Å². The molecule has 27 heavy (non-hydrogen) atoms. The molecular formula is C22H29N3O2. The zero-order valence-corrected chi connectivity index (χ0v) is 16.5. The van der Waals surface area contributed by atoms with Crippen LogP contribution in [0.25, 0.3) is 0 Å². The van der Waals surface area contributed by atoms with Gasteiger partial charge in [-0.1, -0.05) is 75.4 Å². The summed E-state index contributed by atoms with van der Waals surface area (Å²) in [5.74, 6) is -0.226. The van der Waals surface area contributed by atoms with Crippen LogP contribution in [-0.4, -0.2) is 18.5 Å². The number of carbonyl (C=O) groups excluding carboxylic acids is 2. The third-order valence-electron chi connectivity index (χ3n) is 4.37. The highest BCUT2D eigenvalue weighted by Crippen LogP contribution is 2.23. The molecule has 0 saturated carbocycles. The standard InChI is InChI=1S/C22H29N3O2/c1-16(18-10-12-19(13-11-18)22(2,3)4)25-21(27)24-15-20(26)23-14-17-8-6-5-7-9-17/h5-13,16H,14-15H2,1-4H3,(H,23,26)(H2,24,25,27). The molecule has 5 nitrogen and oxygen atoms in total. The van der Waals surface area contributed by atoms with E-state index < -0.39 is 0 Å². The first-order valence-electron chi connectivity index (χ1n) is 9.21. The van der Waals surface area contributed by atoms with Gasteiger partial charge in [0.25, 0.3) is 0 Å². The van der Waals surface area contributed by atoms with Gasteiger partial charge in [0.05, 0.1) is 12.6 Å². The van der Waals surface area contributed by atoms with E-state index in [0.717, 1.165) is 11.1 Å². The highest BCUT2D eigenvalue weighted by atomic mass is 16.2. The summed E-state index contributed by atoms with van der Waals surface area (Å²) in [4.78, 5) is 23.9. The van der Waals surface area contributed by atoms with Gasteiger partial charge in [0.1, 0.15) is 0 Å². The van der Waals surface area contributed by atoms with E-state index in [9.17, 15) is 9.59 Å². The second-order valence-corrected chi connectivity index (χ2v) is 7.68. The fourth-order valence-electron chi connectivity index (χ4n) is 2.62. The molecule has 0 aliphatic carbocycles. The van der Waals surface area contributed by atoms with E-state index in [1.54, 1.807) is 0 Å². The SMILES string of the molecule is CC(NC(=O)NCC(=O)NCc1ccccc1)c1ccc(C(C)(C)C)cc1. The van der Waals surface area contributed by atoms with Gasteiger partial charge in [-0.3, -0.25) is 4.79 Å². The van der Waals surface area contributed by atoms with Crippen LogP contribution < -0.4 is 16.0 Å². The Kier molecular flexibility index (Phi) is 6.99. The van der Waals surface area contributed by atoms with Crippen molar-refractivity contribution in [3.05, 3.63) is 71.3 Å². The molecule has 1 unspecified atom stereocenters. The third-order valence-corrected chi connectivity index (χ3v) is 4.37. The van der Waals surface area contributed by atoms with E-state index in [-0.39, 0.29) is 29.9 Å². The first-order chi connectivity index (χ1) is 12.8. The molecular weight excluding hydrogens is 338 g/mol. The second-order valence-electron chi connectivity index (χ2n) is 7.68. The number of carbonyl (C=O) groups is 2. The molecule has 5 heteroatoms. The number of nitrogens with one attached hydrogen (secondary N) is 3. The maximum absolute atomic E-state index is 12.0. The summed E-state index contributed by atoms with van der Waals surface area (Å²) in [5.41, 5.74) is 3.38. The van der Waals surface area contributed by atoms with Crippen LogP contribution in [0, 0.1) is 0 Å². The molecule has 1 atom stereocenters. The van der Waals surface area contributed by atoms with Gasteiger partial charge in [0.2, 0.25) is 5.91 Å². The van der Waals surface area contributed by atoms with Crippen molar-refractivity contribution in [3.63, 3.8) is 0 Å². The number of rotatable bonds is 6. The zero-order valence-electron chi connectivity index (χ0n) is 16.5. The Bertz CT molecular complexity index is 749. The molecule has 2 rings (SSSR count). The van der Waals surface area contributed by atoms with Gasteiger partial charge in [-0.2, -0.15) is 0 Å². The molecule has 2 aromatic rings. The van der Waals surface area contributed by atoms with Gasteiger partial charge < -0.3 is 16.0 Å². The Balaban J connectivity index is 1.75. The van der Waals surface area contributed by atoms with Crippen molar-refractivity contribution in [2.75, 3.05) is 6.54 Å². The molecule has 0 fully saturated rings. The number of amides is 3.